The van der Waals surface area contributed by atoms with Gasteiger partial charge in [0.1, 0.15) is 0 Å². The summed E-state index contributed by atoms with van der Waals surface area (Å²) in [4.78, 5) is 0. The zero-order valence-corrected chi connectivity index (χ0v) is 12.7. The number of halogens is 12. The van der Waals surface area contributed by atoms with Crippen LogP contribution in [0.1, 0.15) is 12.8 Å². The highest BCUT2D eigenvalue weighted by Crippen LogP contribution is 2.68. The molecule has 0 aromatic carbocycles. The zero-order chi connectivity index (χ0) is 20.8. The molecule has 27 heavy (non-hydrogen) atoms. The van der Waals surface area contributed by atoms with Crippen molar-refractivity contribution in [3.8, 4) is 0 Å². The summed E-state index contributed by atoms with van der Waals surface area (Å²) in [5.41, 5.74) is -4.63. The molecule has 5 atom stereocenters. The maximum absolute atomic E-state index is 13.3. The second-order valence-corrected chi connectivity index (χ2v) is 6.88. The van der Waals surface area contributed by atoms with E-state index in [1.165, 1.54) is 0 Å². The molecule has 2 aliphatic carbocycles. The highest BCUT2D eigenvalue weighted by Gasteiger charge is 2.84. The molecule has 1 aliphatic heterocycles. The van der Waals surface area contributed by atoms with Crippen molar-refractivity contribution in [3.63, 3.8) is 0 Å². The number of hydrogen-bond acceptors (Lipinski definition) is 2. The second kappa shape index (κ2) is 5.57. The molecule has 0 aromatic rings. The van der Waals surface area contributed by atoms with Gasteiger partial charge < -0.3 is 9.47 Å². The van der Waals surface area contributed by atoms with Crippen LogP contribution in [0.15, 0.2) is 0 Å². The van der Waals surface area contributed by atoms with Crippen molar-refractivity contribution in [2.45, 2.75) is 61.5 Å². The van der Waals surface area contributed by atoms with E-state index in [1.807, 2.05) is 0 Å². The minimum absolute atomic E-state index is 0.434. The number of fused-ring (bicyclic) bond motifs is 1. The van der Waals surface area contributed by atoms with Crippen LogP contribution >= 0.6 is 0 Å². The maximum atomic E-state index is 13.3. The van der Waals surface area contributed by atoms with Crippen LogP contribution < -0.4 is 0 Å². The third kappa shape index (κ3) is 2.88. The van der Waals surface area contributed by atoms with Crippen molar-refractivity contribution in [1.29, 1.82) is 0 Å². The first kappa shape index (κ1) is 20.8. The first-order valence-electron chi connectivity index (χ1n) is 7.51. The van der Waals surface area contributed by atoms with E-state index < -0.39 is 79.2 Å². The standard InChI is InChI=1S/C13H10F12O2/c14-10(15,16)8(11(17,18)19)26-6-3-1-4-5(2-3)9(12(20,21)22,13(23,24)25)27-7(4)6/h3-8H,1-2H2/t3-,4+,5?,6?,7?/m0/s1. The largest absolute Gasteiger partial charge is 0.426 e. The van der Waals surface area contributed by atoms with E-state index in [-0.39, 0.29) is 0 Å². The van der Waals surface area contributed by atoms with Crippen molar-refractivity contribution >= 4 is 0 Å². The SMILES string of the molecule is FC(F)(F)C(OC1C2OC(C(F)(F)F)(C(F)(F)F)C3C[C@@H]1C[C@@H]23)C(F)(F)F. The van der Waals surface area contributed by atoms with E-state index in [4.69, 9.17) is 0 Å². The number of rotatable bonds is 2. The first-order valence-corrected chi connectivity index (χ1v) is 7.51. The van der Waals surface area contributed by atoms with Gasteiger partial charge in [0, 0.05) is 5.92 Å². The molecule has 0 spiro atoms. The predicted octanol–water partition coefficient (Wildman–Crippen LogP) is 4.78. The Morgan fingerprint density at radius 1 is 0.778 bits per heavy atom. The van der Waals surface area contributed by atoms with Crippen molar-refractivity contribution < 1.29 is 62.2 Å². The van der Waals surface area contributed by atoms with Gasteiger partial charge in [-0.05, 0) is 24.7 Å². The first-order chi connectivity index (χ1) is 11.9. The maximum Gasteiger partial charge on any atom is 0.426 e. The molecule has 3 fully saturated rings. The molecule has 158 valence electrons. The zero-order valence-electron chi connectivity index (χ0n) is 12.7. The second-order valence-electron chi connectivity index (χ2n) is 6.88. The van der Waals surface area contributed by atoms with Gasteiger partial charge in [-0.2, -0.15) is 52.7 Å². The Hall–Kier alpha value is -0.920. The number of alkyl halides is 12. The molecule has 0 amide bonds. The van der Waals surface area contributed by atoms with Crippen LogP contribution in [0, 0.1) is 17.8 Å². The minimum Gasteiger partial charge on any atom is -0.355 e. The van der Waals surface area contributed by atoms with Crippen molar-refractivity contribution in [2.24, 2.45) is 17.8 Å². The molecule has 2 saturated carbocycles. The number of ether oxygens (including phenoxy) is 2. The van der Waals surface area contributed by atoms with E-state index in [0.29, 0.717) is 0 Å². The van der Waals surface area contributed by atoms with Crippen molar-refractivity contribution in [3.05, 3.63) is 0 Å². The van der Waals surface area contributed by atoms with Gasteiger partial charge in [-0.3, -0.25) is 0 Å². The van der Waals surface area contributed by atoms with E-state index in [1.54, 1.807) is 0 Å². The average Bonchev–Trinajstić information content (AvgIpc) is 2.97. The molecule has 2 nitrogen and oxygen atoms in total. The third-order valence-corrected chi connectivity index (χ3v) is 5.43. The summed E-state index contributed by atoms with van der Waals surface area (Å²) in [7, 11) is 0. The summed E-state index contributed by atoms with van der Waals surface area (Å²) in [6, 6.07) is 0. The Bertz CT molecular complexity index is 560. The van der Waals surface area contributed by atoms with Gasteiger partial charge in [0.05, 0.1) is 12.2 Å². The third-order valence-electron chi connectivity index (χ3n) is 5.43. The predicted molar refractivity (Wildman–Crippen MR) is 60.2 cm³/mol. The fraction of sp³-hybridized carbons (Fsp3) is 1.00. The van der Waals surface area contributed by atoms with Crippen molar-refractivity contribution in [2.75, 3.05) is 0 Å². The van der Waals surface area contributed by atoms with Crippen LogP contribution in [0.4, 0.5) is 52.7 Å². The highest BCUT2D eigenvalue weighted by molar-refractivity contribution is 5.19. The highest BCUT2D eigenvalue weighted by atomic mass is 19.4. The summed E-state index contributed by atoms with van der Waals surface area (Å²) < 4.78 is 164. The smallest absolute Gasteiger partial charge is 0.355 e. The van der Waals surface area contributed by atoms with Gasteiger partial charge in [-0.15, -0.1) is 0 Å². The van der Waals surface area contributed by atoms with E-state index in [0.717, 1.165) is 0 Å². The molecule has 0 radical (unpaired) electrons. The summed E-state index contributed by atoms with van der Waals surface area (Å²) in [6.07, 6.45) is -33.8. The van der Waals surface area contributed by atoms with Crippen LogP contribution in [0.25, 0.3) is 0 Å². The van der Waals surface area contributed by atoms with E-state index >= 15 is 0 Å². The topological polar surface area (TPSA) is 18.5 Å². The molecule has 2 bridgehead atoms. The molecular weight excluding hydrogens is 416 g/mol. The van der Waals surface area contributed by atoms with Gasteiger partial charge >= 0.3 is 24.7 Å². The molecule has 3 rings (SSSR count). The Morgan fingerprint density at radius 2 is 1.26 bits per heavy atom. The Morgan fingerprint density at radius 3 is 1.67 bits per heavy atom. The van der Waals surface area contributed by atoms with Gasteiger partial charge in [-0.25, -0.2) is 0 Å². The Labute approximate surface area is 142 Å². The molecule has 1 heterocycles. The minimum atomic E-state index is -5.94. The lowest BCUT2D eigenvalue weighted by molar-refractivity contribution is -0.388. The normalized spacial score (nSPS) is 36.1. The van der Waals surface area contributed by atoms with Crippen LogP contribution in [0.3, 0.4) is 0 Å². The van der Waals surface area contributed by atoms with Crippen molar-refractivity contribution in [1.82, 2.24) is 0 Å². The van der Waals surface area contributed by atoms with Gasteiger partial charge in [0.2, 0.25) is 6.10 Å². The molecule has 14 heteroatoms. The summed E-state index contributed by atoms with van der Waals surface area (Å²) >= 11 is 0. The summed E-state index contributed by atoms with van der Waals surface area (Å²) in [5, 5.41) is 0. The molecule has 1 saturated heterocycles. The van der Waals surface area contributed by atoms with Gasteiger partial charge in [0.25, 0.3) is 5.60 Å². The molecular formula is C13H10F12O2. The fourth-order valence-electron chi connectivity index (χ4n) is 4.58. The summed E-state index contributed by atoms with van der Waals surface area (Å²) in [6.45, 7) is 0. The van der Waals surface area contributed by atoms with Crippen LogP contribution in [-0.4, -0.2) is 48.6 Å². The Balaban J connectivity index is 1.94. The molecule has 0 N–H and O–H groups in total. The van der Waals surface area contributed by atoms with E-state index in [2.05, 4.69) is 9.47 Å². The molecule has 0 aromatic heterocycles. The average molecular weight is 426 g/mol. The molecule has 3 unspecified atom stereocenters. The van der Waals surface area contributed by atoms with Crippen LogP contribution in [-0.2, 0) is 9.47 Å². The quantitative estimate of drug-likeness (QED) is 0.592. The lowest BCUT2D eigenvalue weighted by Crippen LogP contribution is -2.60. The van der Waals surface area contributed by atoms with Gasteiger partial charge in [-0.1, -0.05) is 0 Å². The lowest BCUT2D eigenvalue weighted by Gasteiger charge is -2.36. The monoisotopic (exact) mass is 426 g/mol. The molecule has 3 aliphatic rings. The number of hydrogen-bond donors (Lipinski definition) is 0. The van der Waals surface area contributed by atoms with Crippen LogP contribution in [0.5, 0.6) is 0 Å². The van der Waals surface area contributed by atoms with E-state index in [9.17, 15) is 52.7 Å². The summed E-state index contributed by atoms with van der Waals surface area (Å²) in [5.74, 6) is -4.96. The lowest BCUT2D eigenvalue weighted by atomic mass is 9.77. The van der Waals surface area contributed by atoms with Crippen LogP contribution in [0.2, 0.25) is 0 Å². The fourth-order valence-corrected chi connectivity index (χ4v) is 4.58. The van der Waals surface area contributed by atoms with Gasteiger partial charge in [0.15, 0.2) is 0 Å². The Kier molecular flexibility index (Phi) is 4.29.